The van der Waals surface area contributed by atoms with E-state index in [1.165, 1.54) is 6.07 Å². The third-order valence-corrected chi connectivity index (χ3v) is 8.60. The Morgan fingerprint density at radius 1 is 1.13 bits per heavy atom. The largest absolute Gasteiger partial charge is 0.486 e. The predicted octanol–water partition coefficient (Wildman–Crippen LogP) is 7.30. The lowest BCUT2D eigenvalue weighted by Crippen LogP contribution is -2.45. The maximum atomic E-state index is 15.4. The van der Waals surface area contributed by atoms with Crippen LogP contribution in [-0.4, -0.2) is 62.7 Å². The molecule has 2 aromatic carbocycles. The minimum atomic E-state index is -1.30. The van der Waals surface area contributed by atoms with Crippen molar-refractivity contribution in [3.8, 4) is 28.1 Å². The molecule has 0 amide bonds. The Hall–Kier alpha value is -4.35. The smallest absolute Gasteiger partial charge is 0.337 e. The SMILES string of the molecule is Cc1nc2cc3nn2c(c1[C@H](OC(C)(C)C)C(=O)O)N1CCC(C)(CC1)OC/C=C\[C@H](C)Oc1cc(F)cc(F)c1-c1cccc-3c1. The molecule has 2 aromatic heterocycles. The van der Waals surface area contributed by atoms with Crippen LogP contribution in [0.2, 0.25) is 0 Å². The number of benzene rings is 2. The molecule has 47 heavy (non-hydrogen) atoms. The van der Waals surface area contributed by atoms with E-state index in [9.17, 15) is 14.3 Å². The van der Waals surface area contributed by atoms with Gasteiger partial charge in [0.2, 0.25) is 0 Å². The van der Waals surface area contributed by atoms with Crippen LogP contribution in [0.1, 0.15) is 64.8 Å². The molecule has 0 unspecified atom stereocenters. The summed E-state index contributed by atoms with van der Waals surface area (Å²) in [6.45, 7) is 12.6. The van der Waals surface area contributed by atoms with Crippen LogP contribution in [0.25, 0.3) is 28.0 Å². The van der Waals surface area contributed by atoms with Gasteiger partial charge >= 0.3 is 5.97 Å². The van der Waals surface area contributed by atoms with Crippen molar-refractivity contribution in [3.63, 3.8) is 0 Å². The highest BCUT2D eigenvalue weighted by atomic mass is 19.1. The van der Waals surface area contributed by atoms with E-state index in [0.29, 0.717) is 72.1 Å². The molecule has 11 heteroatoms. The van der Waals surface area contributed by atoms with Gasteiger partial charge in [0.15, 0.2) is 11.8 Å². The van der Waals surface area contributed by atoms with E-state index >= 15 is 4.39 Å². The molecular weight excluding hydrogens is 606 g/mol. The number of nitrogens with zero attached hydrogens (tertiary/aromatic N) is 4. The first-order valence-corrected chi connectivity index (χ1v) is 15.8. The van der Waals surface area contributed by atoms with Gasteiger partial charge in [-0.05, 0) is 72.1 Å². The maximum absolute atomic E-state index is 15.4. The zero-order valence-electron chi connectivity index (χ0n) is 27.5. The number of anilines is 1. The average molecular weight is 647 g/mol. The van der Waals surface area contributed by atoms with E-state index in [0.717, 1.165) is 6.07 Å². The van der Waals surface area contributed by atoms with Gasteiger partial charge in [0, 0.05) is 42.5 Å². The van der Waals surface area contributed by atoms with Crippen LogP contribution < -0.4 is 9.64 Å². The zero-order valence-corrected chi connectivity index (χ0v) is 27.5. The molecule has 3 aliphatic heterocycles. The molecule has 6 bridgehead atoms. The van der Waals surface area contributed by atoms with Crippen molar-refractivity contribution in [2.45, 2.75) is 77.8 Å². The quantitative estimate of drug-likeness (QED) is 0.232. The fourth-order valence-electron chi connectivity index (χ4n) is 6.28. The summed E-state index contributed by atoms with van der Waals surface area (Å²) < 4.78 is 50.1. The summed E-state index contributed by atoms with van der Waals surface area (Å²) in [5.41, 5.74) is 2.12. The molecule has 248 valence electrons. The molecule has 1 saturated heterocycles. The summed E-state index contributed by atoms with van der Waals surface area (Å²) in [6.07, 6.45) is 3.23. The number of hydrogen-bond acceptors (Lipinski definition) is 7. The van der Waals surface area contributed by atoms with Crippen LogP contribution in [0.5, 0.6) is 5.75 Å². The van der Waals surface area contributed by atoms with Gasteiger partial charge in [0.25, 0.3) is 0 Å². The summed E-state index contributed by atoms with van der Waals surface area (Å²) in [7, 11) is 0. The highest BCUT2D eigenvalue weighted by Gasteiger charge is 2.38. The third kappa shape index (κ3) is 6.73. The van der Waals surface area contributed by atoms with E-state index in [-0.39, 0.29) is 11.3 Å². The predicted molar refractivity (Wildman–Crippen MR) is 175 cm³/mol. The Morgan fingerprint density at radius 3 is 2.55 bits per heavy atom. The monoisotopic (exact) mass is 646 g/mol. The first-order chi connectivity index (χ1) is 22.2. The van der Waals surface area contributed by atoms with Crippen molar-refractivity contribution in [1.82, 2.24) is 14.6 Å². The molecule has 2 atom stereocenters. The van der Waals surface area contributed by atoms with Crippen LogP contribution in [0, 0.1) is 18.6 Å². The Bertz CT molecular complexity index is 1860. The minimum Gasteiger partial charge on any atom is -0.486 e. The van der Waals surface area contributed by atoms with Gasteiger partial charge < -0.3 is 24.2 Å². The van der Waals surface area contributed by atoms with Crippen molar-refractivity contribution in [3.05, 3.63) is 77.5 Å². The number of piperidine rings is 1. The summed E-state index contributed by atoms with van der Waals surface area (Å²) in [5, 5.41) is 15.4. The number of carboxylic acid groups (broad SMARTS) is 1. The van der Waals surface area contributed by atoms with E-state index in [2.05, 4.69) is 11.8 Å². The number of carboxylic acids is 1. The Labute approximate surface area is 272 Å². The number of aryl methyl sites for hydroxylation is 1. The molecule has 3 aliphatic rings. The lowest BCUT2D eigenvalue weighted by molar-refractivity contribution is -0.160. The lowest BCUT2D eigenvalue weighted by Gasteiger charge is -2.41. The first-order valence-electron chi connectivity index (χ1n) is 15.8. The van der Waals surface area contributed by atoms with Crippen LogP contribution >= 0.6 is 0 Å². The van der Waals surface area contributed by atoms with E-state index in [1.807, 2.05) is 45.1 Å². The van der Waals surface area contributed by atoms with Crippen LogP contribution in [0.15, 0.2) is 54.6 Å². The summed E-state index contributed by atoms with van der Waals surface area (Å²) >= 11 is 0. The molecule has 1 N–H and O–H groups in total. The molecule has 9 nitrogen and oxygen atoms in total. The van der Waals surface area contributed by atoms with Gasteiger partial charge in [0.1, 0.15) is 29.3 Å². The van der Waals surface area contributed by atoms with E-state index < -0.39 is 41.0 Å². The van der Waals surface area contributed by atoms with Gasteiger partial charge in [-0.1, -0.05) is 24.3 Å². The van der Waals surface area contributed by atoms with Crippen molar-refractivity contribution < 1.29 is 32.9 Å². The second kappa shape index (κ2) is 12.4. The molecule has 1 fully saturated rings. The zero-order chi connectivity index (χ0) is 33.7. The second-order valence-electron chi connectivity index (χ2n) is 13.5. The standard InChI is InChI=1S/C36H40F2N4O5/c1-21-9-8-16-45-36(6)12-14-41(15-13-36)33-30(32(34(43)44)47-35(3,4)5)22(2)39-29-20-27(40-42(29)33)23-10-7-11-24(17-23)31-26(38)18-25(37)19-28(31)46-21/h7-11,17-21,32H,12-16H2,1-6H3,(H,43,44)/b9-8-/t21-,32-/m0/s1. The lowest BCUT2D eigenvalue weighted by atomic mass is 9.92. The van der Waals surface area contributed by atoms with E-state index in [1.54, 1.807) is 36.6 Å². The summed E-state index contributed by atoms with van der Waals surface area (Å²) in [4.78, 5) is 19.7. The molecule has 0 aliphatic carbocycles. The van der Waals surface area contributed by atoms with Gasteiger partial charge in [-0.2, -0.15) is 9.61 Å². The Kier molecular flexibility index (Phi) is 8.56. The Morgan fingerprint density at radius 2 is 1.85 bits per heavy atom. The van der Waals surface area contributed by atoms with Gasteiger partial charge in [0.05, 0.1) is 34.6 Å². The molecule has 7 rings (SSSR count). The van der Waals surface area contributed by atoms with Crippen molar-refractivity contribution >= 4 is 17.4 Å². The second-order valence-corrected chi connectivity index (χ2v) is 13.5. The normalized spacial score (nSPS) is 21.4. The molecule has 0 radical (unpaired) electrons. The highest BCUT2D eigenvalue weighted by molar-refractivity contribution is 5.80. The van der Waals surface area contributed by atoms with Gasteiger partial charge in [-0.3, -0.25) is 0 Å². The third-order valence-electron chi connectivity index (χ3n) is 8.60. The number of fused-ring (bicyclic) bond motifs is 6. The van der Waals surface area contributed by atoms with Gasteiger partial charge in [-0.15, -0.1) is 0 Å². The van der Waals surface area contributed by atoms with Crippen LogP contribution in [0.3, 0.4) is 0 Å². The van der Waals surface area contributed by atoms with Crippen LogP contribution in [-0.2, 0) is 14.3 Å². The number of aliphatic carboxylic acids is 1. The number of carbonyl (C=O) groups is 1. The van der Waals surface area contributed by atoms with E-state index in [4.69, 9.17) is 24.3 Å². The minimum absolute atomic E-state index is 0.0758. The average Bonchev–Trinajstić information content (AvgIpc) is 3.41. The van der Waals surface area contributed by atoms with Crippen LogP contribution in [0.4, 0.5) is 14.6 Å². The maximum Gasteiger partial charge on any atom is 0.337 e. The topological polar surface area (TPSA) is 98.4 Å². The fraction of sp³-hybridized carbons (Fsp3) is 0.417. The molecule has 0 saturated carbocycles. The number of ether oxygens (including phenoxy) is 3. The van der Waals surface area contributed by atoms with Crippen molar-refractivity contribution in [1.29, 1.82) is 0 Å². The number of aromatic nitrogens is 3. The first kappa shape index (κ1) is 32.6. The summed E-state index contributed by atoms with van der Waals surface area (Å²) in [6, 6.07) is 11.0. The number of rotatable bonds is 3. The summed E-state index contributed by atoms with van der Waals surface area (Å²) in [5.74, 6) is -1.94. The molecular formula is C36H40F2N4O5. The van der Waals surface area contributed by atoms with Crippen molar-refractivity contribution in [2.24, 2.45) is 0 Å². The molecule has 5 heterocycles. The van der Waals surface area contributed by atoms with Gasteiger partial charge in [-0.25, -0.2) is 18.6 Å². The molecule has 4 aromatic rings. The highest BCUT2D eigenvalue weighted by Crippen LogP contribution is 2.40. The fourth-order valence-corrected chi connectivity index (χ4v) is 6.28. The Balaban J connectivity index is 1.58. The number of halogens is 2. The molecule has 0 spiro atoms. The van der Waals surface area contributed by atoms with Crippen molar-refractivity contribution in [2.75, 3.05) is 24.6 Å². The number of hydrogen-bond donors (Lipinski definition) is 1.